The van der Waals surface area contributed by atoms with E-state index in [1.165, 1.54) is 161 Å². The summed E-state index contributed by atoms with van der Waals surface area (Å²) in [6.07, 6.45) is 31.4. The fourth-order valence-electron chi connectivity index (χ4n) is 7.20. The molecule has 4 N–H and O–H groups in total. The minimum absolute atomic E-state index is 0.105. The van der Waals surface area contributed by atoms with Gasteiger partial charge in [-0.1, -0.05) is 194 Å². The van der Waals surface area contributed by atoms with Crippen molar-refractivity contribution in [1.82, 2.24) is 0 Å². The molecule has 1 fully saturated rings. The average molecular weight is 759 g/mol. The first-order valence-electron chi connectivity index (χ1n) is 22.6. The Morgan fingerprint density at radius 2 is 0.925 bits per heavy atom. The Morgan fingerprint density at radius 3 is 1.34 bits per heavy atom. The summed E-state index contributed by atoms with van der Waals surface area (Å²) in [7, 11) is 0. The molecule has 0 aromatic carbocycles. The summed E-state index contributed by atoms with van der Waals surface area (Å²) in [6.45, 7) is 4.59. The molecule has 1 aliphatic rings. The van der Waals surface area contributed by atoms with E-state index in [-0.39, 0.29) is 19.2 Å². The minimum atomic E-state index is -1.53. The van der Waals surface area contributed by atoms with Crippen molar-refractivity contribution in [2.45, 2.75) is 250 Å². The number of carbonyl (C=O) groups is 1. The Bertz CT molecular complexity index is 782. The molecule has 1 aliphatic heterocycles. The zero-order valence-electron chi connectivity index (χ0n) is 34.5. The third-order valence-corrected chi connectivity index (χ3v) is 10.8. The molecule has 53 heavy (non-hydrogen) atoms. The molecular formula is C44H86O9. The van der Waals surface area contributed by atoms with Crippen molar-refractivity contribution >= 4 is 5.97 Å². The van der Waals surface area contributed by atoms with Gasteiger partial charge in [0, 0.05) is 13.0 Å². The molecule has 0 aromatic rings. The lowest BCUT2D eigenvalue weighted by atomic mass is 9.99. The van der Waals surface area contributed by atoms with Gasteiger partial charge in [-0.2, -0.15) is 0 Å². The molecule has 6 unspecified atom stereocenters. The predicted molar refractivity (Wildman–Crippen MR) is 215 cm³/mol. The second-order valence-corrected chi connectivity index (χ2v) is 15.9. The first-order chi connectivity index (χ1) is 25.9. The molecule has 9 nitrogen and oxygen atoms in total. The molecule has 0 spiro atoms. The number of rotatable bonds is 39. The van der Waals surface area contributed by atoms with E-state index in [9.17, 15) is 25.2 Å². The van der Waals surface area contributed by atoms with Crippen LogP contribution in [0.5, 0.6) is 0 Å². The van der Waals surface area contributed by atoms with Crippen molar-refractivity contribution < 1.29 is 44.2 Å². The summed E-state index contributed by atoms with van der Waals surface area (Å²) in [4.78, 5) is 12.7. The smallest absolute Gasteiger partial charge is 0.306 e. The fraction of sp³-hybridized carbons (Fsp3) is 0.977. The van der Waals surface area contributed by atoms with Gasteiger partial charge in [-0.05, 0) is 12.8 Å². The van der Waals surface area contributed by atoms with Crippen LogP contribution >= 0.6 is 0 Å². The van der Waals surface area contributed by atoms with Gasteiger partial charge in [-0.15, -0.1) is 0 Å². The van der Waals surface area contributed by atoms with E-state index in [0.29, 0.717) is 13.0 Å². The molecule has 0 saturated carbocycles. The standard InChI is InChI=1S/C44H86O9/c1-3-5-7-9-11-13-15-16-17-18-19-20-21-22-23-24-26-28-30-32-34-50-36-38(37-51-44-43(49)42(48)41(47)39(35-45)53-44)52-40(46)33-31-29-27-25-14-12-10-8-6-4-2/h38-39,41-45,47-49H,3-37H2,1-2H3. The van der Waals surface area contributed by atoms with Crippen LogP contribution in [0.25, 0.3) is 0 Å². The highest BCUT2D eigenvalue weighted by atomic mass is 16.7. The van der Waals surface area contributed by atoms with Gasteiger partial charge in [-0.25, -0.2) is 0 Å². The van der Waals surface area contributed by atoms with E-state index in [0.717, 1.165) is 32.1 Å². The first kappa shape index (κ1) is 50.2. The van der Waals surface area contributed by atoms with Crippen molar-refractivity contribution in [3.8, 4) is 0 Å². The number of aliphatic hydroxyl groups excluding tert-OH is 4. The van der Waals surface area contributed by atoms with Crippen LogP contribution in [0, 0.1) is 0 Å². The van der Waals surface area contributed by atoms with Gasteiger partial charge < -0.3 is 39.4 Å². The predicted octanol–water partition coefficient (Wildman–Crippen LogP) is 9.86. The zero-order chi connectivity index (χ0) is 38.6. The van der Waals surface area contributed by atoms with E-state index in [1.54, 1.807) is 0 Å². The summed E-state index contributed by atoms with van der Waals surface area (Å²) in [6, 6.07) is 0. The first-order valence-corrected chi connectivity index (χ1v) is 22.6. The number of unbranched alkanes of at least 4 members (excludes halogenated alkanes) is 28. The van der Waals surface area contributed by atoms with Gasteiger partial charge in [0.1, 0.15) is 30.5 Å². The van der Waals surface area contributed by atoms with Crippen LogP contribution in [0.2, 0.25) is 0 Å². The fourth-order valence-corrected chi connectivity index (χ4v) is 7.20. The third-order valence-electron chi connectivity index (χ3n) is 10.8. The van der Waals surface area contributed by atoms with Gasteiger partial charge >= 0.3 is 5.97 Å². The third kappa shape index (κ3) is 28.3. The molecule has 6 atom stereocenters. The quantitative estimate of drug-likeness (QED) is 0.0357. The molecular weight excluding hydrogens is 672 g/mol. The number of hydrogen-bond donors (Lipinski definition) is 4. The normalized spacial score (nSPS) is 20.9. The second kappa shape index (κ2) is 36.8. The van der Waals surface area contributed by atoms with Crippen LogP contribution in [0.15, 0.2) is 0 Å². The SMILES string of the molecule is CCCCCCCCCCCCCCCCCCCCCCOCC(COC1OC(CO)C(O)C(O)C1O)OC(=O)CCCCCCCCCCCC. The zero-order valence-corrected chi connectivity index (χ0v) is 34.5. The molecule has 1 saturated heterocycles. The highest BCUT2D eigenvalue weighted by Gasteiger charge is 2.44. The Morgan fingerprint density at radius 1 is 0.528 bits per heavy atom. The van der Waals surface area contributed by atoms with E-state index in [1.807, 2.05) is 0 Å². The number of carbonyl (C=O) groups excluding carboxylic acids is 1. The van der Waals surface area contributed by atoms with Gasteiger partial charge in [0.25, 0.3) is 0 Å². The largest absolute Gasteiger partial charge is 0.457 e. The van der Waals surface area contributed by atoms with Crippen molar-refractivity contribution in [1.29, 1.82) is 0 Å². The molecule has 0 bridgehead atoms. The number of hydrogen-bond acceptors (Lipinski definition) is 9. The summed E-state index contributed by atoms with van der Waals surface area (Å²) in [5.41, 5.74) is 0. The maximum absolute atomic E-state index is 12.7. The summed E-state index contributed by atoms with van der Waals surface area (Å²) >= 11 is 0. The van der Waals surface area contributed by atoms with Crippen LogP contribution in [-0.2, 0) is 23.7 Å². The van der Waals surface area contributed by atoms with Crippen LogP contribution in [0.1, 0.15) is 213 Å². The summed E-state index contributed by atoms with van der Waals surface area (Å²) in [5.74, 6) is -0.311. The molecule has 1 rings (SSSR count). The van der Waals surface area contributed by atoms with Crippen LogP contribution in [0.4, 0.5) is 0 Å². The highest BCUT2D eigenvalue weighted by molar-refractivity contribution is 5.69. The Balaban J connectivity index is 2.19. The van der Waals surface area contributed by atoms with Gasteiger partial charge in [0.2, 0.25) is 0 Å². The number of esters is 1. The maximum Gasteiger partial charge on any atom is 0.306 e. The van der Waals surface area contributed by atoms with Crippen molar-refractivity contribution in [3.63, 3.8) is 0 Å². The summed E-state index contributed by atoms with van der Waals surface area (Å²) < 4.78 is 22.8. The monoisotopic (exact) mass is 759 g/mol. The summed E-state index contributed by atoms with van der Waals surface area (Å²) in [5, 5.41) is 40.0. The highest BCUT2D eigenvalue weighted by Crippen LogP contribution is 2.23. The van der Waals surface area contributed by atoms with Gasteiger partial charge in [0.05, 0.1) is 19.8 Å². The number of aliphatic hydroxyl groups is 4. The van der Waals surface area contributed by atoms with E-state index < -0.39 is 43.4 Å². The van der Waals surface area contributed by atoms with Crippen LogP contribution in [-0.4, -0.2) is 89.6 Å². The lowest BCUT2D eigenvalue weighted by molar-refractivity contribution is -0.305. The van der Waals surface area contributed by atoms with Crippen LogP contribution < -0.4 is 0 Å². The van der Waals surface area contributed by atoms with Crippen molar-refractivity contribution in [2.75, 3.05) is 26.4 Å². The maximum atomic E-state index is 12.7. The lowest BCUT2D eigenvalue weighted by Gasteiger charge is -2.39. The Hall–Kier alpha value is -0.810. The molecule has 316 valence electrons. The molecule has 1 heterocycles. The van der Waals surface area contributed by atoms with Crippen molar-refractivity contribution in [3.05, 3.63) is 0 Å². The number of ether oxygens (including phenoxy) is 4. The molecule has 9 heteroatoms. The Labute approximate surface area is 325 Å². The topological polar surface area (TPSA) is 135 Å². The molecule has 0 radical (unpaired) electrons. The molecule has 0 amide bonds. The van der Waals surface area contributed by atoms with E-state index >= 15 is 0 Å². The molecule has 0 aromatic heterocycles. The van der Waals surface area contributed by atoms with Gasteiger partial charge in [0.15, 0.2) is 6.29 Å². The second-order valence-electron chi connectivity index (χ2n) is 15.9. The lowest BCUT2D eigenvalue weighted by Crippen LogP contribution is -2.59. The van der Waals surface area contributed by atoms with E-state index in [4.69, 9.17) is 18.9 Å². The van der Waals surface area contributed by atoms with Gasteiger partial charge in [-0.3, -0.25) is 4.79 Å². The van der Waals surface area contributed by atoms with E-state index in [2.05, 4.69) is 13.8 Å². The average Bonchev–Trinajstić information content (AvgIpc) is 3.16. The van der Waals surface area contributed by atoms with Crippen molar-refractivity contribution in [2.24, 2.45) is 0 Å². The Kier molecular flexibility index (Phi) is 34.9. The van der Waals surface area contributed by atoms with Crippen LogP contribution in [0.3, 0.4) is 0 Å². The molecule has 0 aliphatic carbocycles. The minimum Gasteiger partial charge on any atom is -0.457 e.